The summed E-state index contributed by atoms with van der Waals surface area (Å²) in [5.41, 5.74) is 3.15. The zero-order valence-corrected chi connectivity index (χ0v) is 15.2. The van der Waals surface area contributed by atoms with E-state index in [0.29, 0.717) is 12.2 Å². The first-order valence-electron chi connectivity index (χ1n) is 9.40. The molecule has 4 aliphatic rings. The number of aryl methyl sites for hydroxylation is 1. The maximum atomic E-state index is 12.1. The number of nitrogens with one attached hydrogen (secondary N) is 1. The minimum Gasteiger partial charge on any atom is -0.494 e. The maximum Gasteiger partial charge on any atom is 0.279 e. The third-order valence-electron chi connectivity index (χ3n) is 5.25. The summed E-state index contributed by atoms with van der Waals surface area (Å²) in [6.07, 6.45) is 6.84. The molecule has 0 aromatic heterocycles. The van der Waals surface area contributed by atoms with Crippen molar-refractivity contribution in [2.45, 2.75) is 32.1 Å². The van der Waals surface area contributed by atoms with Crippen LogP contribution in [0.2, 0.25) is 0 Å². The second kappa shape index (κ2) is 7.50. The van der Waals surface area contributed by atoms with Gasteiger partial charge in [0.1, 0.15) is 5.76 Å². The average molecular weight is 355 g/mol. The normalized spacial score (nSPS) is 17.6. The molecule has 0 aromatic rings. The van der Waals surface area contributed by atoms with Crippen LogP contribution in [0, 0.1) is 0 Å². The molecule has 1 N–H and O–H groups in total. The summed E-state index contributed by atoms with van der Waals surface area (Å²) in [7, 11) is 1.66. The number of aromatic amines is 1. The van der Waals surface area contributed by atoms with Crippen LogP contribution in [0.3, 0.4) is 0 Å². The summed E-state index contributed by atoms with van der Waals surface area (Å²) in [6.45, 7) is 4.22. The number of likely N-dealkylation sites (tertiary alicyclic amines) is 1. The van der Waals surface area contributed by atoms with Gasteiger partial charge in [-0.05, 0) is 50.9 Å². The summed E-state index contributed by atoms with van der Waals surface area (Å²) >= 11 is 0. The fourth-order valence-corrected chi connectivity index (χ4v) is 3.92. The molecule has 0 saturated carbocycles. The second-order valence-corrected chi connectivity index (χ2v) is 6.95. The van der Waals surface area contributed by atoms with Gasteiger partial charge < -0.3 is 19.4 Å². The van der Waals surface area contributed by atoms with Gasteiger partial charge in [0.05, 0.1) is 25.0 Å². The quantitative estimate of drug-likeness (QED) is 0.807. The van der Waals surface area contributed by atoms with Crippen LogP contribution in [0.25, 0.3) is 17.0 Å². The lowest BCUT2D eigenvalue weighted by Crippen LogP contribution is -2.21. The number of methoxy groups -OCH3 is 1. The molecule has 138 valence electrons. The van der Waals surface area contributed by atoms with Crippen molar-refractivity contribution in [1.82, 2.24) is 14.9 Å². The number of H-pyrrole nitrogens is 1. The van der Waals surface area contributed by atoms with Gasteiger partial charge in [-0.1, -0.05) is 0 Å². The fraction of sp³-hybridized carbons (Fsp3) is 0.500. The van der Waals surface area contributed by atoms with E-state index in [2.05, 4.69) is 14.9 Å². The summed E-state index contributed by atoms with van der Waals surface area (Å²) in [5.74, 6) is 1.61. The molecular weight excluding hydrogens is 330 g/mol. The minimum absolute atomic E-state index is 0.226. The zero-order valence-electron chi connectivity index (χ0n) is 15.2. The van der Waals surface area contributed by atoms with E-state index in [1.165, 1.54) is 25.9 Å². The predicted molar refractivity (Wildman–Crippen MR) is 100.0 cm³/mol. The number of hydrogen-bond donors (Lipinski definition) is 1. The van der Waals surface area contributed by atoms with Crippen molar-refractivity contribution in [1.29, 1.82) is 0 Å². The summed E-state index contributed by atoms with van der Waals surface area (Å²) < 4.78 is 11.7. The molecule has 0 unspecified atom stereocenters. The summed E-state index contributed by atoms with van der Waals surface area (Å²) in [6, 6.07) is 3.71. The average Bonchev–Trinajstić information content (AvgIpc) is 3.17. The Morgan fingerprint density at radius 1 is 1.23 bits per heavy atom. The Morgan fingerprint density at radius 2 is 2.08 bits per heavy atom. The van der Waals surface area contributed by atoms with Crippen LogP contribution in [0.15, 0.2) is 28.9 Å². The highest BCUT2D eigenvalue weighted by molar-refractivity contribution is 5.72. The van der Waals surface area contributed by atoms with Gasteiger partial charge in [0, 0.05) is 30.4 Å². The Bertz CT molecular complexity index is 837. The van der Waals surface area contributed by atoms with Crippen molar-refractivity contribution in [3.8, 4) is 11.3 Å². The number of pyridine rings is 2. The fourth-order valence-electron chi connectivity index (χ4n) is 3.92. The van der Waals surface area contributed by atoms with E-state index in [1.54, 1.807) is 13.3 Å². The number of aromatic nitrogens is 2. The van der Waals surface area contributed by atoms with Crippen LogP contribution in [0.5, 0.6) is 0 Å². The van der Waals surface area contributed by atoms with Crippen LogP contribution in [-0.2, 0) is 15.9 Å². The molecule has 1 aliphatic carbocycles. The molecule has 6 nitrogen and oxygen atoms in total. The van der Waals surface area contributed by atoms with Crippen molar-refractivity contribution >= 4 is 5.76 Å². The highest BCUT2D eigenvalue weighted by Gasteiger charge is 2.24. The van der Waals surface area contributed by atoms with Crippen molar-refractivity contribution in [2.24, 2.45) is 0 Å². The first-order chi connectivity index (χ1) is 12.8. The van der Waals surface area contributed by atoms with E-state index >= 15 is 0 Å². The zero-order chi connectivity index (χ0) is 17.9. The molecule has 0 atom stereocenters. The van der Waals surface area contributed by atoms with Gasteiger partial charge in [-0.3, -0.25) is 4.79 Å². The monoisotopic (exact) mass is 355 g/mol. The first-order valence-corrected chi connectivity index (χ1v) is 9.40. The van der Waals surface area contributed by atoms with Gasteiger partial charge in [-0.2, -0.15) is 0 Å². The van der Waals surface area contributed by atoms with Crippen LogP contribution in [-0.4, -0.2) is 48.2 Å². The molecule has 0 aromatic carbocycles. The predicted octanol–water partition coefficient (Wildman–Crippen LogP) is 2.64. The standard InChI is InChI=1S/C20H25N3O3/c1-25-19-14-13-15-17(7-8-21-20(15)24)22-16(14)5-6-18(19)26-12-4-11-23-9-2-3-10-23/h7-8,13,22H,2-6,9-12H2,1H3. The minimum atomic E-state index is -0.226. The van der Waals surface area contributed by atoms with Crippen LogP contribution >= 0.6 is 0 Å². The second-order valence-electron chi connectivity index (χ2n) is 6.95. The molecule has 1 saturated heterocycles. The molecular formula is C20H25N3O3. The molecule has 6 heteroatoms. The van der Waals surface area contributed by atoms with Crippen molar-refractivity contribution < 1.29 is 9.47 Å². The third-order valence-corrected chi connectivity index (χ3v) is 5.25. The van der Waals surface area contributed by atoms with Crippen LogP contribution in [0.4, 0.5) is 0 Å². The van der Waals surface area contributed by atoms with Gasteiger partial charge in [0.25, 0.3) is 5.56 Å². The summed E-state index contributed by atoms with van der Waals surface area (Å²) in [5, 5.41) is 0. The number of nitrogens with zero attached hydrogens (tertiary/aromatic N) is 2. The molecule has 3 heterocycles. The number of ether oxygens (including phenoxy) is 2. The molecule has 26 heavy (non-hydrogen) atoms. The van der Waals surface area contributed by atoms with E-state index in [-0.39, 0.29) is 5.56 Å². The van der Waals surface area contributed by atoms with Crippen LogP contribution in [0.1, 0.15) is 36.9 Å². The maximum absolute atomic E-state index is 12.1. The van der Waals surface area contributed by atoms with Gasteiger partial charge in [0.2, 0.25) is 0 Å². The van der Waals surface area contributed by atoms with Gasteiger partial charge in [-0.15, -0.1) is 0 Å². The first kappa shape index (κ1) is 17.1. The topological polar surface area (TPSA) is 67.5 Å². The summed E-state index contributed by atoms with van der Waals surface area (Å²) in [4.78, 5) is 21.8. The van der Waals surface area contributed by atoms with Gasteiger partial charge >= 0.3 is 0 Å². The lowest BCUT2D eigenvalue weighted by atomic mass is 9.96. The SMILES string of the molecule is COC1=C(OCCCN2CCCC2)CCc2[nH]c3ccnc(=O)c-3cc21. The molecule has 3 aliphatic heterocycles. The molecule has 0 spiro atoms. The lowest BCUT2D eigenvalue weighted by molar-refractivity contribution is 0.172. The largest absolute Gasteiger partial charge is 0.494 e. The Hall–Kier alpha value is -2.34. The van der Waals surface area contributed by atoms with Gasteiger partial charge in [0.15, 0.2) is 5.76 Å². The Kier molecular flexibility index (Phi) is 4.93. The van der Waals surface area contributed by atoms with E-state index < -0.39 is 0 Å². The number of allylic oxidation sites excluding steroid dienone is 1. The van der Waals surface area contributed by atoms with E-state index in [4.69, 9.17) is 9.47 Å². The smallest absolute Gasteiger partial charge is 0.279 e. The molecule has 0 bridgehead atoms. The Morgan fingerprint density at radius 3 is 2.88 bits per heavy atom. The third kappa shape index (κ3) is 3.33. The van der Waals surface area contributed by atoms with Crippen molar-refractivity contribution in [3.63, 3.8) is 0 Å². The van der Waals surface area contributed by atoms with Crippen molar-refractivity contribution in [3.05, 3.63) is 45.7 Å². The lowest BCUT2D eigenvalue weighted by Gasteiger charge is -2.24. The van der Waals surface area contributed by atoms with E-state index in [0.717, 1.165) is 54.3 Å². The highest BCUT2D eigenvalue weighted by atomic mass is 16.5. The molecule has 0 radical (unpaired) electrons. The highest BCUT2D eigenvalue weighted by Crippen LogP contribution is 2.34. The number of fused-ring (bicyclic) bond motifs is 2. The molecule has 4 rings (SSSR count). The molecule has 1 fully saturated rings. The molecule has 0 amide bonds. The Balaban J connectivity index is 1.53. The van der Waals surface area contributed by atoms with E-state index in [1.807, 2.05) is 12.1 Å². The van der Waals surface area contributed by atoms with E-state index in [9.17, 15) is 4.79 Å². The Labute approximate surface area is 153 Å². The van der Waals surface area contributed by atoms with Crippen LogP contribution < -0.4 is 5.56 Å². The van der Waals surface area contributed by atoms with Crippen molar-refractivity contribution in [2.75, 3.05) is 33.4 Å². The van der Waals surface area contributed by atoms with Gasteiger partial charge in [-0.25, -0.2) is 4.98 Å². The number of rotatable bonds is 6. The number of hydrogen-bond acceptors (Lipinski definition) is 5.